The summed E-state index contributed by atoms with van der Waals surface area (Å²) in [6, 6.07) is -0.722. The maximum atomic E-state index is 12.4. The summed E-state index contributed by atoms with van der Waals surface area (Å²) in [5.41, 5.74) is 0. The lowest BCUT2D eigenvalue weighted by Gasteiger charge is -2.32. The minimum Gasteiger partial charge on any atom is -0.341 e. The Hall–Kier alpha value is -1.31. The maximum absolute atomic E-state index is 12.4. The Labute approximate surface area is 109 Å². The number of carbonyl (C=O) groups excluding carboxylic acids is 2. The molecule has 19 heavy (non-hydrogen) atoms. The molecule has 0 heterocycles. The average Bonchev–Trinajstić information content (AvgIpc) is 2.20. The molecule has 0 unspecified atom stereocenters. The average molecular weight is 281 g/mol. The molecular formula is C11H18F3N3O2. The summed E-state index contributed by atoms with van der Waals surface area (Å²) in [6.07, 6.45) is -1.54. The monoisotopic (exact) mass is 281 g/mol. The number of imide groups is 1. The molecule has 0 bridgehead atoms. The molecule has 1 fully saturated rings. The van der Waals surface area contributed by atoms with Crippen LogP contribution in [0, 0.1) is 5.92 Å². The smallest absolute Gasteiger partial charge is 0.341 e. The highest BCUT2D eigenvalue weighted by molar-refractivity contribution is 5.95. The fourth-order valence-electron chi connectivity index (χ4n) is 1.91. The summed E-state index contributed by atoms with van der Waals surface area (Å²) < 4.78 is 37.2. The molecule has 8 heteroatoms. The molecule has 1 rings (SSSR count). The SMILES string of the molecule is CNC(=O)NC(=O)CN(CC1CCC1)CC(F)(F)F. The van der Waals surface area contributed by atoms with Crippen molar-refractivity contribution < 1.29 is 22.8 Å². The van der Waals surface area contributed by atoms with Crippen molar-refractivity contribution >= 4 is 11.9 Å². The van der Waals surface area contributed by atoms with E-state index in [2.05, 4.69) is 5.32 Å². The van der Waals surface area contributed by atoms with Gasteiger partial charge in [0, 0.05) is 13.6 Å². The van der Waals surface area contributed by atoms with Crippen LogP contribution < -0.4 is 10.6 Å². The van der Waals surface area contributed by atoms with Gasteiger partial charge in [0.15, 0.2) is 0 Å². The summed E-state index contributed by atoms with van der Waals surface area (Å²) in [5, 5.41) is 4.13. The molecule has 0 spiro atoms. The molecular weight excluding hydrogens is 263 g/mol. The molecule has 0 atom stereocenters. The lowest BCUT2D eigenvalue weighted by Crippen LogP contribution is -2.47. The molecule has 0 aromatic carbocycles. The minimum atomic E-state index is -4.35. The van der Waals surface area contributed by atoms with Gasteiger partial charge in [-0.25, -0.2) is 4.79 Å². The number of urea groups is 1. The van der Waals surface area contributed by atoms with Crippen molar-refractivity contribution in [2.24, 2.45) is 5.92 Å². The third kappa shape index (κ3) is 6.42. The van der Waals surface area contributed by atoms with E-state index in [0.717, 1.165) is 24.2 Å². The highest BCUT2D eigenvalue weighted by atomic mass is 19.4. The van der Waals surface area contributed by atoms with Crippen LogP contribution in [0.4, 0.5) is 18.0 Å². The Bertz CT molecular complexity index is 330. The number of carbonyl (C=O) groups is 2. The Balaban J connectivity index is 2.47. The largest absolute Gasteiger partial charge is 0.401 e. The second-order valence-electron chi connectivity index (χ2n) is 4.71. The van der Waals surface area contributed by atoms with Crippen LogP contribution in [0.1, 0.15) is 19.3 Å². The van der Waals surface area contributed by atoms with Crippen LogP contribution in [0.25, 0.3) is 0 Å². The van der Waals surface area contributed by atoms with E-state index in [-0.39, 0.29) is 12.5 Å². The van der Waals surface area contributed by atoms with Gasteiger partial charge in [0.1, 0.15) is 0 Å². The quantitative estimate of drug-likeness (QED) is 0.793. The number of nitrogens with one attached hydrogen (secondary N) is 2. The normalized spacial score (nSPS) is 16.1. The molecule has 2 N–H and O–H groups in total. The molecule has 0 aromatic heterocycles. The van der Waals surface area contributed by atoms with E-state index in [1.807, 2.05) is 5.32 Å². The molecule has 0 saturated heterocycles. The lowest BCUT2D eigenvalue weighted by atomic mass is 9.85. The molecule has 3 amide bonds. The third-order valence-electron chi connectivity index (χ3n) is 2.99. The molecule has 5 nitrogen and oxygen atoms in total. The third-order valence-corrected chi connectivity index (χ3v) is 2.99. The molecule has 1 saturated carbocycles. The van der Waals surface area contributed by atoms with Crippen molar-refractivity contribution in [2.45, 2.75) is 25.4 Å². The topological polar surface area (TPSA) is 61.4 Å². The van der Waals surface area contributed by atoms with Gasteiger partial charge in [0.05, 0.1) is 13.1 Å². The van der Waals surface area contributed by atoms with Crippen molar-refractivity contribution in [3.8, 4) is 0 Å². The zero-order valence-corrected chi connectivity index (χ0v) is 10.7. The van der Waals surface area contributed by atoms with Gasteiger partial charge in [0.2, 0.25) is 5.91 Å². The number of hydrogen-bond acceptors (Lipinski definition) is 3. The van der Waals surface area contributed by atoms with Crippen LogP contribution >= 0.6 is 0 Å². The second kappa shape index (κ2) is 6.74. The number of nitrogens with zero attached hydrogens (tertiary/aromatic N) is 1. The van der Waals surface area contributed by atoms with E-state index in [1.54, 1.807) is 0 Å². The fraction of sp³-hybridized carbons (Fsp3) is 0.818. The molecule has 110 valence electrons. The Kier molecular flexibility index (Phi) is 5.59. The molecule has 0 radical (unpaired) electrons. The van der Waals surface area contributed by atoms with Crippen molar-refractivity contribution in [2.75, 3.05) is 26.7 Å². The Morgan fingerprint density at radius 3 is 2.37 bits per heavy atom. The van der Waals surface area contributed by atoms with E-state index < -0.39 is 31.2 Å². The van der Waals surface area contributed by atoms with Crippen LogP contribution in [0.15, 0.2) is 0 Å². The first-order valence-corrected chi connectivity index (χ1v) is 6.11. The van der Waals surface area contributed by atoms with Gasteiger partial charge in [-0.05, 0) is 18.8 Å². The van der Waals surface area contributed by atoms with Crippen LogP contribution in [-0.2, 0) is 4.79 Å². The van der Waals surface area contributed by atoms with Gasteiger partial charge < -0.3 is 5.32 Å². The summed E-state index contributed by atoms with van der Waals surface area (Å²) in [6.45, 7) is -1.32. The van der Waals surface area contributed by atoms with Crippen molar-refractivity contribution in [3.05, 3.63) is 0 Å². The summed E-state index contributed by atoms with van der Waals surface area (Å²) in [5.74, 6) is -0.516. The van der Waals surface area contributed by atoms with Crippen LogP contribution in [0.5, 0.6) is 0 Å². The predicted octanol–water partition coefficient (Wildman–Crippen LogP) is 1.11. The number of hydrogen-bond donors (Lipinski definition) is 2. The molecule has 0 aromatic rings. The predicted molar refractivity (Wildman–Crippen MR) is 62.4 cm³/mol. The maximum Gasteiger partial charge on any atom is 0.401 e. The van der Waals surface area contributed by atoms with E-state index in [1.165, 1.54) is 7.05 Å². The standard InChI is InChI=1S/C11H18F3N3O2/c1-15-10(19)16-9(18)6-17(7-11(12,13)14)5-8-3-2-4-8/h8H,2-7H2,1H3,(H2,15,16,18,19). The van der Waals surface area contributed by atoms with Gasteiger partial charge >= 0.3 is 12.2 Å². The fourth-order valence-corrected chi connectivity index (χ4v) is 1.91. The number of rotatable bonds is 5. The summed E-state index contributed by atoms with van der Waals surface area (Å²) >= 11 is 0. The highest BCUT2D eigenvalue weighted by Gasteiger charge is 2.33. The number of halogens is 3. The first kappa shape index (κ1) is 15.7. The number of amides is 3. The lowest BCUT2D eigenvalue weighted by molar-refractivity contribution is -0.150. The van der Waals surface area contributed by atoms with E-state index in [9.17, 15) is 22.8 Å². The van der Waals surface area contributed by atoms with Crippen LogP contribution in [-0.4, -0.2) is 49.7 Å². The molecule has 1 aliphatic carbocycles. The van der Waals surface area contributed by atoms with Crippen LogP contribution in [0.2, 0.25) is 0 Å². The Morgan fingerprint density at radius 2 is 1.95 bits per heavy atom. The van der Waals surface area contributed by atoms with Gasteiger partial charge in [0.25, 0.3) is 0 Å². The second-order valence-corrected chi connectivity index (χ2v) is 4.71. The minimum absolute atomic E-state index is 0.218. The zero-order valence-electron chi connectivity index (χ0n) is 10.7. The Morgan fingerprint density at radius 1 is 1.32 bits per heavy atom. The van der Waals surface area contributed by atoms with Crippen LogP contribution in [0.3, 0.4) is 0 Å². The first-order chi connectivity index (χ1) is 8.80. The number of alkyl halides is 3. The summed E-state index contributed by atoms with van der Waals surface area (Å²) in [7, 11) is 1.32. The van der Waals surface area contributed by atoms with E-state index in [0.29, 0.717) is 0 Å². The van der Waals surface area contributed by atoms with Crippen molar-refractivity contribution in [1.29, 1.82) is 0 Å². The molecule has 0 aliphatic heterocycles. The van der Waals surface area contributed by atoms with Gasteiger partial charge in [-0.15, -0.1) is 0 Å². The molecule has 1 aliphatic rings. The summed E-state index contributed by atoms with van der Waals surface area (Å²) in [4.78, 5) is 23.4. The van der Waals surface area contributed by atoms with Gasteiger partial charge in [-0.3, -0.25) is 15.0 Å². The van der Waals surface area contributed by atoms with Gasteiger partial charge in [-0.1, -0.05) is 6.42 Å². The highest BCUT2D eigenvalue weighted by Crippen LogP contribution is 2.28. The van der Waals surface area contributed by atoms with Crippen molar-refractivity contribution in [3.63, 3.8) is 0 Å². The van der Waals surface area contributed by atoms with E-state index in [4.69, 9.17) is 0 Å². The zero-order chi connectivity index (χ0) is 14.5. The van der Waals surface area contributed by atoms with E-state index >= 15 is 0 Å². The first-order valence-electron chi connectivity index (χ1n) is 6.11. The van der Waals surface area contributed by atoms with Gasteiger partial charge in [-0.2, -0.15) is 13.2 Å². The van der Waals surface area contributed by atoms with Crippen molar-refractivity contribution in [1.82, 2.24) is 15.5 Å².